The number of nitrogens with two attached hydrogens (primary N) is 1. The number of nitrogens with one attached hydrogen (secondary N) is 1. The summed E-state index contributed by atoms with van der Waals surface area (Å²) in [6.45, 7) is 0. The number of pyridine rings is 1. The average molecular weight is 327 g/mol. The molecule has 0 saturated heterocycles. The maximum absolute atomic E-state index is 11.9. The first-order valence-corrected chi connectivity index (χ1v) is 6.21. The van der Waals surface area contributed by atoms with E-state index in [9.17, 15) is 4.79 Å². The van der Waals surface area contributed by atoms with Gasteiger partial charge in [0, 0.05) is 10.7 Å². The summed E-state index contributed by atoms with van der Waals surface area (Å²) in [6.07, 6.45) is 1.41. The van der Waals surface area contributed by atoms with E-state index < -0.39 is 0 Å². The van der Waals surface area contributed by atoms with Crippen LogP contribution < -0.4 is 11.1 Å². The maximum atomic E-state index is 11.9. The summed E-state index contributed by atoms with van der Waals surface area (Å²) in [6, 6.07) is 8.39. The zero-order chi connectivity index (χ0) is 13.1. The van der Waals surface area contributed by atoms with Gasteiger partial charge in [-0.25, -0.2) is 4.98 Å². The Kier molecular flexibility index (Phi) is 3.84. The van der Waals surface area contributed by atoms with Gasteiger partial charge < -0.3 is 11.1 Å². The molecular weight excluding hydrogens is 318 g/mol. The number of hydrogen-bond acceptors (Lipinski definition) is 3. The standard InChI is InChI=1S/C12H9BrClN3O/c13-8-2-3-10(9(14)5-8)17-12(18)7-1-4-11(15)16-6-7/h1-6H,(H2,15,16)(H,17,18). The molecule has 0 aliphatic rings. The zero-order valence-corrected chi connectivity index (χ0v) is 11.5. The second kappa shape index (κ2) is 5.37. The Morgan fingerprint density at radius 2 is 2.11 bits per heavy atom. The van der Waals surface area contributed by atoms with Crippen LogP contribution >= 0.6 is 27.5 Å². The predicted octanol–water partition coefficient (Wildman–Crippen LogP) is 3.33. The lowest BCUT2D eigenvalue weighted by molar-refractivity contribution is 0.102. The molecule has 1 aromatic heterocycles. The van der Waals surface area contributed by atoms with Crippen molar-refractivity contribution in [2.45, 2.75) is 0 Å². The molecule has 0 unspecified atom stereocenters. The molecule has 0 aliphatic carbocycles. The fraction of sp³-hybridized carbons (Fsp3) is 0. The molecule has 0 radical (unpaired) electrons. The van der Waals surface area contributed by atoms with Crippen molar-refractivity contribution in [1.29, 1.82) is 0 Å². The summed E-state index contributed by atoms with van der Waals surface area (Å²) in [5.74, 6) is 0.0833. The fourth-order valence-electron chi connectivity index (χ4n) is 1.32. The number of carbonyl (C=O) groups excluding carboxylic acids is 1. The van der Waals surface area contributed by atoms with E-state index in [1.54, 1.807) is 30.3 Å². The fourth-order valence-corrected chi connectivity index (χ4v) is 2.05. The molecule has 18 heavy (non-hydrogen) atoms. The number of carbonyl (C=O) groups is 1. The van der Waals surface area contributed by atoms with E-state index >= 15 is 0 Å². The first-order valence-electron chi connectivity index (χ1n) is 5.04. The van der Waals surface area contributed by atoms with E-state index in [2.05, 4.69) is 26.2 Å². The predicted molar refractivity (Wildman–Crippen MR) is 75.8 cm³/mol. The smallest absolute Gasteiger partial charge is 0.257 e. The Morgan fingerprint density at radius 3 is 2.72 bits per heavy atom. The summed E-state index contributed by atoms with van der Waals surface area (Å²) in [5, 5.41) is 3.16. The molecule has 1 aromatic carbocycles. The van der Waals surface area contributed by atoms with Crippen molar-refractivity contribution < 1.29 is 4.79 Å². The van der Waals surface area contributed by atoms with Gasteiger partial charge in [-0.2, -0.15) is 0 Å². The molecule has 92 valence electrons. The third-order valence-electron chi connectivity index (χ3n) is 2.23. The van der Waals surface area contributed by atoms with Crippen molar-refractivity contribution in [3.8, 4) is 0 Å². The third kappa shape index (κ3) is 3.00. The number of rotatable bonds is 2. The summed E-state index contributed by atoms with van der Waals surface area (Å²) in [5.41, 5.74) is 6.41. The van der Waals surface area contributed by atoms with Gasteiger partial charge >= 0.3 is 0 Å². The van der Waals surface area contributed by atoms with Crippen LogP contribution in [0.25, 0.3) is 0 Å². The molecule has 0 bridgehead atoms. The van der Waals surface area contributed by atoms with Crippen molar-refractivity contribution in [3.05, 3.63) is 51.6 Å². The van der Waals surface area contributed by atoms with Crippen LogP contribution in [0.5, 0.6) is 0 Å². The van der Waals surface area contributed by atoms with E-state index in [1.807, 2.05) is 0 Å². The van der Waals surface area contributed by atoms with Crippen LogP contribution in [-0.4, -0.2) is 10.9 Å². The van der Waals surface area contributed by atoms with Crippen LogP contribution in [0.2, 0.25) is 5.02 Å². The maximum Gasteiger partial charge on any atom is 0.257 e. The Hall–Kier alpha value is -1.59. The van der Waals surface area contributed by atoms with Crippen LogP contribution in [0.1, 0.15) is 10.4 Å². The highest BCUT2D eigenvalue weighted by Crippen LogP contribution is 2.26. The molecule has 1 heterocycles. The first kappa shape index (κ1) is 12.9. The van der Waals surface area contributed by atoms with Gasteiger partial charge in [0.25, 0.3) is 5.91 Å². The topological polar surface area (TPSA) is 68.0 Å². The van der Waals surface area contributed by atoms with Crippen molar-refractivity contribution >= 4 is 44.9 Å². The molecule has 0 saturated carbocycles. The molecule has 0 fully saturated rings. The minimum Gasteiger partial charge on any atom is -0.384 e. The number of benzene rings is 1. The second-order valence-corrected chi connectivity index (χ2v) is 4.87. The summed E-state index contributed by atoms with van der Waals surface area (Å²) >= 11 is 9.30. The SMILES string of the molecule is Nc1ccc(C(=O)Nc2ccc(Br)cc2Cl)cn1. The monoisotopic (exact) mass is 325 g/mol. The highest BCUT2D eigenvalue weighted by atomic mass is 79.9. The highest BCUT2D eigenvalue weighted by molar-refractivity contribution is 9.10. The lowest BCUT2D eigenvalue weighted by Crippen LogP contribution is -2.12. The zero-order valence-electron chi connectivity index (χ0n) is 9.15. The lowest BCUT2D eigenvalue weighted by Gasteiger charge is -2.07. The minimum absolute atomic E-state index is 0.285. The van der Waals surface area contributed by atoms with Gasteiger partial charge in [0.15, 0.2) is 0 Å². The average Bonchev–Trinajstić information content (AvgIpc) is 2.33. The number of anilines is 2. The van der Waals surface area contributed by atoms with E-state index in [0.29, 0.717) is 22.1 Å². The number of aromatic nitrogens is 1. The summed E-state index contributed by atoms with van der Waals surface area (Å²) < 4.78 is 0.847. The van der Waals surface area contributed by atoms with E-state index in [-0.39, 0.29) is 5.91 Å². The van der Waals surface area contributed by atoms with E-state index in [0.717, 1.165) is 4.47 Å². The molecule has 1 amide bonds. The molecule has 6 heteroatoms. The third-order valence-corrected chi connectivity index (χ3v) is 3.03. The Balaban J connectivity index is 2.18. The van der Waals surface area contributed by atoms with Crippen LogP contribution in [0.15, 0.2) is 41.0 Å². The van der Waals surface area contributed by atoms with Crippen molar-refractivity contribution in [1.82, 2.24) is 4.98 Å². The van der Waals surface area contributed by atoms with Crippen LogP contribution in [0, 0.1) is 0 Å². The first-order chi connectivity index (χ1) is 8.56. The van der Waals surface area contributed by atoms with E-state index in [1.165, 1.54) is 6.20 Å². The van der Waals surface area contributed by atoms with Crippen molar-refractivity contribution in [2.24, 2.45) is 0 Å². The number of halogens is 2. The molecular formula is C12H9BrClN3O. The van der Waals surface area contributed by atoms with Gasteiger partial charge in [0.05, 0.1) is 16.3 Å². The Morgan fingerprint density at radius 1 is 1.33 bits per heavy atom. The summed E-state index contributed by atoms with van der Waals surface area (Å²) in [7, 11) is 0. The minimum atomic E-state index is -0.285. The Labute approximate surface area is 117 Å². The number of nitrogen functional groups attached to an aromatic ring is 1. The van der Waals surface area contributed by atoms with Crippen molar-refractivity contribution in [2.75, 3.05) is 11.1 Å². The number of nitrogens with zero attached hydrogens (tertiary/aromatic N) is 1. The van der Waals surface area contributed by atoms with E-state index in [4.69, 9.17) is 17.3 Å². The molecule has 0 aliphatic heterocycles. The number of hydrogen-bond donors (Lipinski definition) is 2. The highest BCUT2D eigenvalue weighted by Gasteiger charge is 2.08. The van der Waals surface area contributed by atoms with Gasteiger partial charge in [-0.15, -0.1) is 0 Å². The molecule has 2 aromatic rings. The van der Waals surface area contributed by atoms with Gasteiger partial charge in [-0.1, -0.05) is 27.5 Å². The molecule has 3 N–H and O–H groups in total. The summed E-state index contributed by atoms with van der Waals surface area (Å²) in [4.78, 5) is 15.8. The Bertz CT molecular complexity index is 586. The molecule has 0 spiro atoms. The normalized spacial score (nSPS) is 10.1. The molecule has 2 rings (SSSR count). The lowest BCUT2D eigenvalue weighted by atomic mass is 10.2. The van der Waals surface area contributed by atoms with Crippen LogP contribution in [-0.2, 0) is 0 Å². The van der Waals surface area contributed by atoms with Gasteiger partial charge in [0.2, 0.25) is 0 Å². The van der Waals surface area contributed by atoms with Gasteiger partial charge in [-0.3, -0.25) is 4.79 Å². The van der Waals surface area contributed by atoms with Crippen LogP contribution in [0.3, 0.4) is 0 Å². The van der Waals surface area contributed by atoms with Crippen LogP contribution in [0.4, 0.5) is 11.5 Å². The second-order valence-electron chi connectivity index (χ2n) is 3.55. The van der Waals surface area contributed by atoms with Gasteiger partial charge in [-0.05, 0) is 30.3 Å². The van der Waals surface area contributed by atoms with Gasteiger partial charge in [0.1, 0.15) is 5.82 Å². The molecule has 0 atom stereocenters. The number of amides is 1. The van der Waals surface area contributed by atoms with Crippen molar-refractivity contribution in [3.63, 3.8) is 0 Å². The quantitative estimate of drug-likeness (QED) is 0.889. The molecule has 4 nitrogen and oxygen atoms in total. The largest absolute Gasteiger partial charge is 0.384 e.